The fourth-order valence-corrected chi connectivity index (χ4v) is 4.88. The van der Waals surface area contributed by atoms with Crippen molar-refractivity contribution in [2.75, 3.05) is 5.32 Å². The van der Waals surface area contributed by atoms with Gasteiger partial charge in [0.2, 0.25) is 5.91 Å². The summed E-state index contributed by atoms with van der Waals surface area (Å²) in [4.78, 5) is 24.6. The molecule has 9 nitrogen and oxygen atoms in total. The fourth-order valence-electron chi connectivity index (χ4n) is 3.84. The number of amides is 1. The largest absolute Gasteiger partial charge is 0.467 e. The van der Waals surface area contributed by atoms with Gasteiger partial charge in [0.25, 0.3) is 5.69 Å². The predicted octanol–water partition coefficient (Wildman–Crippen LogP) is 5.49. The van der Waals surface area contributed by atoms with Gasteiger partial charge in [0.05, 0.1) is 17.7 Å². The number of nitrogens with one attached hydrogen (secondary N) is 1. The number of nitrogens with zero attached hydrogens (tertiary/aromatic N) is 4. The lowest BCUT2D eigenvalue weighted by Gasteiger charge is -2.17. The van der Waals surface area contributed by atoms with Gasteiger partial charge in [-0.15, -0.1) is 10.2 Å². The lowest BCUT2D eigenvalue weighted by Crippen LogP contribution is -2.20. The highest BCUT2D eigenvalue weighted by Crippen LogP contribution is 2.42. The molecule has 178 valence electrons. The highest BCUT2D eigenvalue weighted by Gasteiger charge is 2.33. The molecule has 1 fully saturated rings. The first kappa shape index (κ1) is 22.9. The first-order chi connectivity index (χ1) is 17.0. The first-order valence-corrected chi connectivity index (χ1v) is 12.1. The van der Waals surface area contributed by atoms with Crippen LogP contribution < -0.4 is 5.32 Å². The fraction of sp³-hybridized carbons (Fsp3) is 0.240. The number of rotatable bonds is 9. The normalized spacial score (nSPS) is 14.0. The van der Waals surface area contributed by atoms with Crippen molar-refractivity contribution in [1.82, 2.24) is 14.8 Å². The number of hydrogen-bond donors (Lipinski definition) is 1. The second-order valence-corrected chi connectivity index (χ2v) is 9.53. The Labute approximate surface area is 205 Å². The van der Waals surface area contributed by atoms with Crippen molar-refractivity contribution >= 4 is 29.0 Å². The van der Waals surface area contributed by atoms with Crippen molar-refractivity contribution < 1.29 is 14.1 Å². The van der Waals surface area contributed by atoms with Crippen LogP contribution in [0.15, 0.2) is 76.5 Å². The second-order valence-electron chi connectivity index (χ2n) is 8.46. The summed E-state index contributed by atoms with van der Waals surface area (Å²) >= 11 is 1.27. The van der Waals surface area contributed by atoms with E-state index >= 15 is 0 Å². The van der Waals surface area contributed by atoms with Gasteiger partial charge in [0.15, 0.2) is 5.16 Å². The quantitative estimate of drug-likeness (QED) is 0.188. The molecule has 0 bridgehead atoms. The Bertz CT molecular complexity index is 1350. The van der Waals surface area contributed by atoms with E-state index in [1.165, 1.54) is 17.8 Å². The summed E-state index contributed by atoms with van der Waals surface area (Å²) in [6, 6.07) is 17.8. The number of furan rings is 1. The molecule has 1 aliphatic carbocycles. The van der Waals surface area contributed by atoms with Crippen LogP contribution >= 0.6 is 11.8 Å². The maximum atomic E-state index is 13.5. The molecule has 1 atom stereocenters. The molecule has 1 saturated carbocycles. The van der Waals surface area contributed by atoms with Gasteiger partial charge in [-0.2, -0.15) is 0 Å². The van der Waals surface area contributed by atoms with E-state index in [9.17, 15) is 14.9 Å². The molecule has 0 aliphatic heterocycles. The highest BCUT2D eigenvalue weighted by atomic mass is 32.2. The molecule has 5 rings (SSSR count). The molecule has 4 aromatic rings. The van der Waals surface area contributed by atoms with Crippen molar-refractivity contribution in [1.29, 1.82) is 0 Å². The summed E-state index contributed by atoms with van der Waals surface area (Å²) in [6.07, 6.45) is 3.74. The number of aryl methyl sites for hydroxylation is 1. The molecule has 2 heterocycles. The zero-order valence-corrected chi connectivity index (χ0v) is 19.8. The monoisotopic (exact) mass is 489 g/mol. The van der Waals surface area contributed by atoms with Gasteiger partial charge < -0.3 is 9.73 Å². The molecule has 1 unspecified atom stereocenters. The number of thioether (sulfide) groups is 1. The number of nitro groups is 1. The van der Waals surface area contributed by atoms with Crippen LogP contribution in [0.25, 0.3) is 0 Å². The van der Waals surface area contributed by atoms with Crippen LogP contribution in [0.4, 0.5) is 11.4 Å². The molecule has 10 heteroatoms. The van der Waals surface area contributed by atoms with E-state index in [1.54, 1.807) is 25.3 Å². The van der Waals surface area contributed by atoms with E-state index in [1.807, 2.05) is 47.0 Å². The number of nitro benzene ring substituents is 1. The molecule has 1 aliphatic rings. The third-order valence-corrected chi connectivity index (χ3v) is 6.99. The summed E-state index contributed by atoms with van der Waals surface area (Å²) < 4.78 is 7.55. The SMILES string of the molecule is Cc1ccc(NC(=O)C(Sc2nnc(C3CC3)n2Cc2ccco2)c2ccccc2)c([N+](=O)[O-])c1. The van der Waals surface area contributed by atoms with Crippen LogP contribution in [0, 0.1) is 17.0 Å². The molecule has 0 saturated heterocycles. The maximum Gasteiger partial charge on any atom is 0.293 e. The number of benzene rings is 2. The van der Waals surface area contributed by atoms with Crippen LogP contribution in [-0.4, -0.2) is 25.6 Å². The van der Waals surface area contributed by atoms with E-state index in [4.69, 9.17) is 4.42 Å². The van der Waals surface area contributed by atoms with Gasteiger partial charge in [-0.25, -0.2) is 0 Å². The number of carbonyl (C=O) groups excluding carboxylic acids is 1. The van der Waals surface area contributed by atoms with E-state index in [-0.39, 0.29) is 17.3 Å². The average Bonchev–Trinajstić information content (AvgIpc) is 3.42. The molecule has 35 heavy (non-hydrogen) atoms. The smallest absolute Gasteiger partial charge is 0.293 e. The average molecular weight is 490 g/mol. The van der Waals surface area contributed by atoms with E-state index in [2.05, 4.69) is 15.5 Å². The molecule has 1 amide bonds. The second kappa shape index (κ2) is 9.75. The van der Waals surface area contributed by atoms with Gasteiger partial charge in [-0.05, 0) is 49.1 Å². The Hall–Kier alpha value is -3.92. The molecular weight excluding hydrogens is 466 g/mol. The van der Waals surface area contributed by atoms with Gasteiger partial charge in [0, 0.05) is 12.0 Å². The lowest BCUT2D eigenvalue weighted by molar-refractivity contribution is -0.384. The standard InChI is InChI=1S/C25H23N5O4S/c1-16-9-12-20(21(14-16)30(32)33)26-24(31)22(17-6-3-2-4-7-17)35-25-28-27-23(18-10-11-18)29(25)15-19-8-5-13-34-19/h2-9,12-14,18,22H,10-11,15H2,1H3,(H,26,31). The topological polar surface area (TPSA) is 116 Å². The first-order valence-electron chi connectivity index (χ1n) is 11.2. The molecular formula is C25H23N5O4S. The lowest BCUT2D eigenvalue weighted by atomic mass is 10.1. The van der Waals surface area contributed by atoms with E-state index in [0.29, 0.717) is 17.6 Å². The zero-order chi connectivity index (χ0) is 24.4. The van der Waals surface area contributed by atoms with Crippen molar-refractivity contribution in [3.63, 3.8) is 0 Å². The van der Waals surface area contributed by atoms with Crippen LogP contribution in [0.2, 0.25) is 0 Å². The Balaban J connectivity index is 1.48. The number of aromatic nitrogens is 3. The Morgan fingerprint density at radius 1 is 1.20 bits per heavy atom. The minimum absolute atomic E-state index is 0.146. The molecule has 0 spiro atoms. The van der Waals surface area contributed by atoms with Crippen molar-refractivity contribution in [3.05, 3.63) is 99.8 Å². The summed E-state index contributed by atoms with van der Waals surface area (Å²) in [5.41, 5.74) is 1.50. The van der Waals surface area contributed by atoms with Crippen molar-refractivity contribution in [3.8, 4) is 0 Å². The van der Waals surface area contributed by atoms with E-state index in [0.717, 1.165) is 35.6 Å². The summed E-state index contributed by atoms with van der Waals surface area (Å²) in [5.74, 6) is 1.62. The number of carbonyl (C=O) groups is 1. The van der Waals surface area contributed by atoms with Gasteiger partial charge in [-0.3, -0.25) is 19.5 Å². The Morgan fingerprint density at radius 2 is 2.00 bits per heavy atom. The Morgan fingerprint density at radius 3 is 2.69 bits per heavy atom. The third kappa shape index (κ3) is 5.12. The highest BCUT2D eigenvalue weighted by molar-refractivity contribution is 8.00. The van der Waals surface area contributed by atoms with Gasteiger partial charge in [-0.1, -0.05) is 48.2 Å². The van der Waals surface area contributed by atoms with Gasteiger partial charge in [0.1, 0.15) is 22.5 Å². The predicted molar refractivity (Wildman–Crippen MR) is 131 cm³/mol. The van der Waals surface area contributed by atoms with Crippen molar-refractivity contribution in [2.45, 2.75) is 42.6 Å². The minimum Gasteiger partial charge on any atom is -0.467 e. The summed E-state index contributed by atoms with van der Waals surface area (Å²) in [6.45, 7) is 2.23. The molecule has 0 radical (unpaired) electrons. The third-order valence-electron chi connectivity index (χ3n) is 5.75. The zero-order valence-electron chi connectivity index (χ0n) is 19.0. The maximum absolute atomic E-state index is 13.5. The Kier molecular flexibility index (Phi) is 6.37. The number of hydrogen-bond acceptors (Lipinski definition) is 7. The van der Waals surface area contributed by atoms with Crippen LogP contribution in [0.3, 0.4) is 0 Å². The van der Waals surface area contributed by atoms with Crippen molar-refractivity contribution in [2.24, 2.45) is 0 Å². The van der Waals surface area contributed by atoms with E-state index < -0.39 is 10.2 Å². The van der Waals surface area contributed by atoms with Crippen LogP contribution in [0.5, 0.6) is 0 Å². The molecule has 1 N–H and O–H groups in total. The number of anilines is 1. The summed E-state index contributed by atoms with van der Waals surface area (Å²) in [5, 5.41) is 23.1. The van der Waals surface area contributed by atoms with Gasteiger partial charge >= 0.3 is 0 Å². The van der Waals surface area contributed by atoms with Crippen LogP contribution in [-0.2, 0) is 11.3 Å². The molecule has 2 aromatic heterocycles. The molecule has 2 aromatic carbocycles. The minimum atomic E-state index is -0.705. The summed E-state index contributed by atoms with van der Waals surface area (Å²) in [7, 11) is 0. The van der Waals surface area contributed by atoms with Crippen LogP contribution in [0.1, 0.15) is 46.7 Å².